The van der Waals surface area contributed by atoms with E-state index in [0.717, 1.165) is 11.6 Å². The zero-order valence-corrected chi connectivity index (χ0v) is 22.8. The molecular formula is C26H32FN3O8S. The average Bonchev–Trinajstić information content (AvgIpc) is 3.20. The molecule has 0 bridgehead atoms. The lowest BCUT2D eigenvalue weighted by Crippen LogP contribution is -2.53. The molecule has 212 valence electrons. The Morgan fingerprint density at radius 2 is 1.95 bits per heavy atom. The van der Waals surface area contributed by atoms with Gasteiger partial charge in [0.2, 0.25) is 0 Å². The molecule has 39 heavy (non-hydrogen) atoms. The highest BCUT2D eigenvalue weighted by Crippen LogP contribution is 2.41. The Kier molecular flexibility index (Phi) is 8.14. The molecule has 2 aliphatic heterocycles. The van der Waals surface area contributed by atoms with Crippen molar-refractivity contribution >= 4 is 21.9 Å². The number of halogens is 1. The van der Waals surface area contributed by atoms with Gasteiger partial charge in [0.25, 0.3) is 15.8 Å². The van der Waals surface area contributed by atoms with Crippen molar-refractivity contribution < 1.29 is 36.2 Å². The number of hydrogen-bond donors (Lipinski definition) is 1. The lowest BCUT2D eigenvalue weighted by atomic mass is 9.87. The van der Waals surface area contributed by atoms with E-state index in [1.54, 1.807) is 26.8 Å². The van der Waals surface area contributed by atoms with Crippen LogP contribution < -0.4 is 10.1 Å². The van der Waals surface area contributed by atoms with E-state index in [9.17, 15) is 27.7 Å². The number of rotatable bonds is 8. The Balaban J connectivity index is 1.41. The number of alkyl carbamates (subject to hydrolysis) is 1. The summed E-state index contributed by atoms with van der Waals surface area (Å²) >= 11 is 0. The second kappa shape index (κ2) is 11.1. The molecule has 2 aliphatic rings. The number of carbonyl (C=O) groups is 1. The van der Waals surface area contributed by atoms with E-state index in [2.05, 4.69) is 10.2 Å². The van der Waals surface area contributed by atoms with Gasteiger partial charge in [-0.3, -0.25) is 14.3 Å². The molecule has 0 radical (unpaired) electrons. The molecule has 1 fully saturated rings. The molecular weight excluding hydrogens is 533 g/mol. The van der Waals surface area contributed by atoms with E-state index in [-0.39, 0.29) is 22.9 Å². The smallest absolute Gasteiger partial charge is 0.407 e. The lowest BCUT2D eigenvalue weighted by Gasteiger charge is -2.39. The number of fused-ring (bicyclic) bond motifs is 1. The van der Waals surface area contributed by atoms with E-state index in [0.29, 0.717) is 38.1 Å². The number of hydrogen-bond acceptors (Lipinski definition) is 9. The van der Waals surface area contributed by atoms with Crippen LogP contribution in [0.1, 0.15) is 39.2 Å². The maximum absolute atomic E-state index is 13.7. The monoisotopic (exact) mass is 565 g/mol. The minimum Gasteiger partial charge on any atom is -0.487 e. The third kappa shape index (κ3) is 7.43. The van der Waals surface area contributed by atoms with Crippen LogP contribution in [-0.2, 0) is 25.5 Å². The first-order valence-electron chi connectivity index (χ1n) is 12.6. The van der Waals surface area contributed by atoms with Gasteiger partial charge in [0, 0.05) is 56.6 Å². The van der Waals surface area contributed by atoms with Gasteiger partial charge in [-0.2, -0.15) is 8.42 Å². The van der Waals surface area contributed by atoms with Crippen molar-refractivity contribution in [1.29, 1.82) is 0 Å². The minimum atomic E-state index is -4.34. The second-order valence-electron chi connectivity index (χ2n) is 10.9. The van der Waals surface area contributed by atoms with Gasteiger partial charge in [-0.1, -0.05) is 6.07 Å². The molecule has 1 spiro atoms. The standard InChI is InChI=1S/C26H32FN3O8S/c1-25(2,3)38-24(31)28-20(17-36-39(34,35)22-6-4-5-21(14-22)30(32)33)16-29-11-9-26(10-12-29)15-18-13-19(27)7-8-23(18)37-26/h4-8,13-14,20H,9-12,15-17H2,1-3H3,(H,28,31)/t20-/m1/s1. The van der Waals surface area contributed by atoms with Crippen molar-refractivity contribution in [1.82, 2.24) is 10.2 Å². The number of piperidine rings is 1. The Morgan fingerprint density at radius 1 is 1.23 bits per heavy atom. The van der Waals surface area contributed by atoms with Crippen LogP contribution in [0.2, 0.25) is 0 Å². The Labute approximate surface area is 226 Å². The molecule has 2 aromatic rings. The third-order valence-electron chi connectivity index (χ3n) is 6.57. The summed E-state index contributed by atoms with van der Waals surface area (Å²) in [4.78, 5) is 24.6. The highest BCUT2D eigenvalue weighted by Gasteiger charge is 2.42. The number of likely N-dealkylation sites (tertiary alicyclic amines) is 1. The van der Waals surface area contributed by atoms with Crippen LogP contribution in [0.5, 0.6) is 5.75 Å². The van der Waals surface area contributed by atoms with Gasteiger partial charge in [0.1, 0.15) is 27.7 Å². The van der Waals surface area contributed by atoms with Crippen LogP contribution >= 0.6 is 0 Å². The molecule has 11 nitrogen and oxygen atoms in total. The van der Waals surface area contributed by atoms with E-state index in [1.165, 1.54) is 30.3 Å². The SMILES string of the molecule is CC(C)(C)OC(=O)N[C@@H](COS(=O)(=O)c1cccc([N+](=O)[O-])c1)CN1CCC2(CC1)Cc1cc(F)ccc1O2. The molecule has 0 aromatic heterocycles. The average molecular weight is 566 g/mol. The van der Waals surface area contributed by atoms with Crippen LogP contribution in [0.25, 0.3) is 0 Å². The first-order valence-corrected chi connectivity index (χ1v) is 14.0. The summed E-state index contributed by atoms with van der Waals surface area (Å²) in [5, 5.41) is 13.7. The summed E-state index contributed by atoms with van der Waals surface area (Å²) in [6.07, 6.45) is 1.21. The quantitative estimate of drug-likeness (QED) is 0.288. The largest absolute Gasteiger partial charge is 0.487 e. The van der Waals surface area contributed by atoms with Crippen molar-refractivity contribution in [2.45, 2.75) is 62.2 Å². The number of carbonyl (C=O) groups excluding carboxylic acids is 1. The van der Waals surface area contributed by atoms with Gasteiger partial charge >= 0.3 is 6.09 Å². The van der Waals surface area contributed by atoms with Crippen LogP contribution in [0, 0.1) is 15.9 Å². The lowest BCUT2D eigenvalue weighted by molar-refractivity contribution is -0.385. The maximum atomic E-state index is 13.7. The van der Waals surface area contributed by atoms with Crippen molar-refractivity contribution in [3.63, 3.8) is 0 Å². The number of amides is 1. The van der Waals surface area contributed by atoms with E-state index < -0.39 is 45.0 Å². The number of nitrogens with one attached hydrogen (secondary N) is 1. The maximum Gasteiger partial charge on any atom is 0.407 e. The van der Waals surface area contributed by atoms with Gasteiger partial charge in [-0.15, -0.1) is 0 Å². The summed E-state index contributed by atoms with van der Waals surface area (Å²) < 4.78 is 56.0. The van der Waals surface area contributed by atoms with Gasteiger partial charge in [0.15, 0.2) is 0 Å². The van der Waals surface area contributed by atoms with Crippen LogP contribution in [-0.4, -0.2) is 67.8 Å². The molecule has 1 saturated heterocycles. The number of ether oxygens (including phenoxy) is 2. The van der Waals surface area contributed by atoms with Gasteiger partial charge in [-0.25, -0.2) is 9.18 Å². The van der Waals surface area contributed by atoms with E-state index in [4.69, 9.17) is 13.7 Å². The first-order chi connectivity index (χ1) is 18.2. The number of nitrogens with zero attached hydrogens (tertiary/aromatic N) is 2. The molecule has 0 unspecified atom stereocenters. The zero-order valence-electron chi connectivity index (χ0n) is 22.0. The number of nitro benzene ring substituents is 1. The fourth-order valence-electron chi connectivity index (χ4n) is 4.74. The molecule has 1 N–H and O–H groups in total. The fourth-order valence-corrected chi connectivity index (χ4v) is 5.73. The van der Waals surface area contributed by atoms with Crippen LogP contribution in [0.15, 0.2) is 47.4 Å². The molecule has 13 heteroatoms. The Hall–Kier alpha value is -3.29. The summed E-state index contributed by atoms with van der Waals surface area (Å²) in [6.45, 7) is 6.18. The normalized spacial score (nSPS) is 17.7. The summed E-state index contributed by atoms with van der Waals surface area (Å²) in [7, 11) is -4.34. The fraction of sp³-hybridized carbons (Fsp3) is 0.500. The molecule has 1 amide bonds. The van der Waals surface area contributed by atoms with Crippen LogP contribution in [0.4, 0.5) is 14.9 Å². The molecule has 2 heterocycles. The summed E-state index contributed by atoms with van der Waals surface area (Å²) in [5.41, 5.74) is -0.740. The summed E-state index contributed by atoms with van der Waals surface area (Å²) in [6, 6.07) is 8.31. The topological polar surface area (TPSA) is 137 Å². The molecule has 0 saturated carbocycles. The Morgan fingerprint density at radius 3 is 2.62 bits per heavy atom. The molecule has 2 aromatic carbocycles. The molecule has 4 rings (SSSR count). The van der Waals surface area contributed by atoms with Crippen molar-refractivity contribution in [3.8, 4) is 5.75 Å². The zero-order chi connectivity index (χ0) is 28.4. The molecule has 0 aliphatic carbocycles. The van der Waals surface area contributed by atoms with Gasteiger partial charge in [0.05, 0.1) is 17.6 Å². The van der Waals surface area contributed by atoms with Gasteiger partial charge < -0.3 is 19.7 Å². The predicted molar refractivity (Wildman–Crippen MR) is 139 cm³/mol. The number of benzene rings is 2. The van der Waals surface area contributed by atoms with Crippen molar-refractivity contribution in [3.05, 3.63) is 64.0 Å². The highest BCUT2D eigenvalue weighted by atomic mass is 32.2. The van der Waals surface area contributed by atoms with E-state index in [1.807, 2.05) is 0 Å². The first kappa shape index (κ1) is 28.7. The summed E-state index contributed by atoms with van der Waals surface area (Å²) in [5.74, 6) is 0.386. The van der Waals surface area contributed by atoms with Crippen LogP contribution in [0.3, 0.4) is 0 Å². The third-order valence-corrected chi connectivity index (χ3v) is 7.85. The Bertz CT molecular complexity index is 1340. The highest BCUT2D eigenvalue weighted by molar-refractivity contribution is 7.86. The predicted octanol–water partition coefficient (Wildman–Crippen LogP) is 3.80. The van der Waals surface area contributed by atoms with Gasteiger partial charge in [-0.05, 0) is 45.0 Å². The van der Waals surface area contributed by atoms with Crippen molar-refractivity contribution in [2.75, 3.05) is 26.2 Å². The second-order valence-corrected chi connectivity index (χ2v) is 12.5. The molecule has 1 atom stereocenters. The number of non-ortho nitro benzene ring substituents is 1. The van der Waals surface area contributed by atoms with E-state index >= 15 is 0 Å². The number of nitro groups is 1. The minimum absolute atomic E-state index is 0.265. The van der Waals surface area contributed by atoms with Crippen molar-refractivity contribution in [2.24, 2.45) is 0 Å².